The summed E-state index contributed by atoms with van der Waals surface area (Å²) in [6.07, 6.45) is 5.75. The number of pyridine rings is 1. The van der Waals surface area contributed by atoms with E-state index in [1.165, 1.54) is 6.07 Å². The van der Waals surface area contributed by atoms with Crippen LogP contribution in [0.25, 0.3) is 11.3 Å². The first kappa shape index (κ1) is 15.7. The molecule has 7 heteroatoms. The fourth-order valence-corrected chi connectivity index (χ4v) is 2.61. The molecule has 6 nitrogen and oxygen atoms in total. The number of rotatable bonds is 5. The fourth-order valence-electron chi connectivity index (χ4n) is 2.39. The Morgan fingerprint density at radius 1 is 1.12 bits per heavy atom. The Labute approximate surface area is 149 Å². The van der Waals surface area contributed by atoms with E-state index in [9.17, 15) is 5.11 Å². The van der Waals surface area contributed by atoms with E-state index in [-0.39, 0.29) is 5.75 Å². The molecule has 0 saturated heterocycles. The van der Waals surface area contributed by atoms with Crippen LogP contribution < -0.4 is 10.6 Å². The number of hydrogen-bond acceptors (Lipinski definition) is 6. The molecule has 0 unspecified atom stereocenters. The fraction of sp³-hybridized carbons (Fsp3) is 0.167. The lowest BCUT2D eigenvalue weighted by atomic mass is 10.2. The van der Waals surface area contributed by atoms with E-state index in [0.717, 1.165) is 24.1 Å². The number of nitrogens with zero attached hydrogens (tertiary/aromatic N) is 3. The second-order valence-electron chi connectivity index (χ2n) is 5.91. The molecule has 4 rings (SSSR count). The highest BCUT2D eigenvalue weighted by molar-refractivity contribution is 6.33. The van der Waals surface area contributed by atoms with Gasteiger partial charge in [-0.2, -0.15) is 4.98 Å². The zero-order valence-electron chi connectivity index (χ0n) is 13.3. The Morgan fingerprint density at radius 3 is 2.72 bits per heavy atom. The van der Waals surface area contributed by atoms with Gasteiger partial charge in [0.1, 0.15) is 11.6 Å². The van der Waals surface area contributed by atoms with Crippen molar-refractivity contribution in [1.29, 1.82) is 0 Å². The molecule has 2 aromatic heterocycles. The van der Waals surface area contributed by atoms with Gasteiger partial charge in [-0.1, -0.05) is 11.6 Å². The van der Waals surface area contributed by atoms with Crippen LogP contribution >= 0.6 is 11.6 Å². The Morgan fingerprint density at radius 2 is 2.00 bits per heavy atom. The summed E-state index contributed by atoms with van der Waals surface area (Å²) in [5.74, 6) is 1.30. The maximum atomic E-state index is 9.49. The molecule has 1 aliphatic carbocycles. The minimum atomic E-state index is 0.116. The Hall–Kier alpha value is -2.86. The third-order valence-electron chi connectivity index (χ3n) is 3.81. The molecule has 0 aliphatic heterocycles. The molecule has 0 spiro atoms. The normalized spacial score (nSPS) is 13.5. The molecule has 0 radical (unpaired) electrons. The Kier molecular flexibility index (Phi) is 4.11. The van der Waals surface area contributed by atoms with Gasteiger partial charge in [0.05, 0.1) is 16.4 Å². The average molecular weight is 354 g/mol. The summed E-state index contributed by atoms with van der Waals surface area (Å²) < 4.78 is 0. The Balaban J connectivity index is 1.70. The van der Waals surface area contributed by atoms with E-state index in [2.05, 4.69) is 25.6 Å². The van der Waals surface area contributed by atoms with Crippen molar-refractivity contribution < 1.29 is 5.11 Å². The largest absolute Gasteiger partial charge is 0.508 e. The number of nitrogens with one attached hydrogen (secondary N) is 2. The van der Waals surface area contributed by atoms with Crippen LogP contribution in [0, 0.1) is 0 Å². The number of aromatic nitrogens is 3. The van der Waals surface area contributed by atoms with Gasteiger partial charge in [0.2, 0.25) is 5.95 Å². The molecule has 126 valence electrons. The van der Waals surface area contributed by atoms with E-state index in [1.807, 2.05) is 18.2 Å². The van der Waals surface area contributed by atoms with E-state index < -0.39 is 0 Å². The summed E-state index contributed by atoms with van der Waals surface area (Å²) in [6.45, 7) is 0. The monoisotopic (exact) mass is 353 g/mol. The summed E-state index contributed by atoms with van der Waals surface area (Å²) in [5, 5.41) is 16.4. The highest BCUT2D eigenvalue weighted by atomic mass is 35.5. The molecule has 2 heterocycles. The Bertz CT molecular complexity index is 899. The van der Waals surface area contributed by atoms with Crippen LogP contribution in [0.3, 0.4) is 0 Å². The summed E-state index contributed by atoms with van der Waals surface area (Å²) in [6, 6.07) is 10.9. The zero-order valence-corrected chi connectivity index (χ0v) is 14.0. The topological polar surface area (TPSA) is 83.0 Å². The molecule has 0 bridgehead atoms. The lowest BCUT2D eigenvalue weighted by molar-refractivity contribution is 0.475. The van der Waals surface area contributed by atoms with E-state index in [0.29, 0.717) is 28.5 Å². The van der Waals surface area contributed by atoms with E-state index in [4.69, 9.17) is 11.6 Å². The first-order valence-corrected chi connectivity index (χ1v) is 8.37. The van der Waals surface area contributed by atoms with Crippen molar-refractivity contribution in [2.45, 2.75) is 18.9 Å². The molecule has 25 heavy (non-hydrogen) atoms. The van der Waals surface area contributed by atoms with Crippen molar-refractivity contribution in [3.8, 4) is 17.0 Å². The van der Waals surface area contributed by atoms with Gasteiger partial charge >= 0.3 is 0 Å². The quantitative estimate of drug-likeness (QED) is 0.596. The maximum Gasteiger partial charge on any atom is 0.225 e. The highest BCUT2D eigenvalue weighted by Crippen LogP contribution is 2.31. The van der Waals surface area contributed by atoms with Crippen LogP contribution in [-0.2, 0) is 0 Å². The van der Waals surface area contributed by atoms with Crippen molar-refractivity contribution in [2.75, 3.05) is 10.6 Å². The van der Waals surface area contributed by atoms with Gasteiger partial charge in [-0.25, -0.2) is 4.98 Å². The van der Waals surface area contributed by atoms with Crippen molar-refractivity contribution in [3.63, 3.8) is 0 Å². The zero-order chi connectivity index (χ0) is 17.2. The van der Waals surface area contributed by atoms with Gasteiger partial charge in [0, 0.05) is 36.1 Å². The minimum Gasteiger partial charge on any atom is -0.508 e. The number of benzene rings is 1. The van der Waals surface area contributed by atoms with Gasteiger partial charge in [-0.15, -0.1) is 0 Å². The van der Waals surface area contributed by atoms with Crippen LogP contribution in [0.1, 0.15) is 12.8 Å². The van der Waals surface area contributed by atoms with Gasteiger partial charge in [0.25, 0.3) is 0 Å². The van der Waals surface area contributed by atoms with Crippen LogP contribution in [0.15, 0.2) is 48.8 Å². The van der Waals surface area contributed by atoms with Crippen molar-refractivity contribution in [3.05, 3.63) is 53.8 Å². The molecule has 3 aromatic rings. The first-order valence-electron chi connectivity index (χ1n) is 7.99. The molecule has 3 N–H and O–H groups in total. The second kappa shape index (κ2) is 6.57. The summed E-state index contributed by atoms with van der Waals surface area (Å²) >= 11 is 6.18. The van der Waals surface area contributed by atoms with Crippen molar-refractivity contribution in [1.82, 2.24) is 15.0 Å². The third kappa shape index (κ3) is 3.80. The molecule has 0 amide bonds. The molecular weight excluding hydrogens is 338 g/mol. The predicted octanol–water partition coefficient (Wildman–Crippen LogP) is 4.22. The molecule has 1 aromatic carbocycles. The van der Waals surface area contributed by atoms with Crippen molar-refractivity contribution in [2.24, 2.45) is 0 Å². The van der Waals surface area contributed by atoms with Crippen LogP contribution in [0.2, 0.25) is 5.02 Å². The smallest absolute Gasteiger partial charge is 0.225 e. The van der Waals surface area contributed by atoms with E-state index in [1.54, 1.807) is 24.5 Å². The summed E-state index contributed by atoms with van der Waals surface area (Å²) in [4.78, 5) is 13.3. The van der Waals surface area contributed by atoms with Gasteiger partial charge in [0.15, 0.2) is 0 Å². The number of phenols is 1. The van der Waals surface area contributed by atoms with Gasteiger partial charge in [-0.3, -0.25) is 4.98 Å². The lowest BCUT2D eigenvalue weighted by Crippen LogP contribution is -2.07. The molecule has 1 aliphatic rings. The second-order valence-corrected chi connectivity index (χ2v) is 6.32. The van der Waals surface area contributed by atoms with Gasteiger partial charge < -0.3 is 15.7 Å². The number of aromatic hydroxyl groups is 1. The molecule has 1 fully saturated rings. The summed E-state index contributed by atoms with van der Waals surface area (Å²) in [7, 11) is 0. The third-order valence-corrected chi connectivity index (χ3v) is 4.12. The number of anilines is 3. The average Bonchev–Trinajstić information content (AvgIpc) is 3.42. The standard InChI is InChI=1S/C18H16ClN5O/c19-14-8-13(25)5-6-15(14)22-17-9-16(11-2-1-7-20-10-11)23-18(24-17)21-12-3-4-12/h1-2,5-10,12,25H,3-4H2,(H2,21,22,23,24). The van der Waals surface area contributed by atoms with Gasteiger partial charge in [-0.05, 0) is 37.1 Å². The number of hydrogen-bond donors (Lipinski definition) is 3. The molecule has 0 atom stereocenters. The first-order chi connectivity index (χ1) is 12.2. The van der Waals surface area contributed by atoms with Crippen LogP contribution in [0.5, 0.6) is 5.75 Å². The number of halogens is 1. The lowest BCUT2D eigenvalue weighted by Gasteiger charge is -2.12. The van der Waals surface area contributed by atoms with E-state index >= 15 is 0 Å². The van der Waals surface area contributed by atoms with Crippen LogP contribution in [0.4, 0.5) is 17.5 Å². The van der Waals surface area contributed by atoms with Crippen molar-refractivity contribution >= 4 is 29.1 Å². The number of phenolic OH excluding ortho intramolecular Hbond substituents is 1. The maximum absolute atomic E-state index is 9.49. The molecular formula is C18H16ClN5O. The van der Waals surface area contributed by atoms with Crippen LogP contribution in [-0.4, -0.2) is 26.1 Å². The minimum absolute atomic E-state index is 0.116. The molecule has 1 saturated carbocycles. The predicted molar refractivity (Wildman–Crippen MR) is 98.3 cm³/mol. The summed E-state index contributed by atoms with van der Waals surface area (Å²) in [5.41, 5.74) is 2.33. The SMILES string of the molecule is Oc1ccc(Nc2cc(-c3cccnc3)nc(NC3CC3)n2)c(Cl)c1. The highest BCUT2D eigenvalue weighted by Gasteiger charge is 2.22.